The van der Waals surface area contributed by atoms with Crippen molar-refractivity contribution in [3.05, 3.63) is 22.8 Å². The van der Waals surface area contributed by atoms with Gasteiger partial charge in [-0.3, -0.25) is 0 Å². The van der Waals surface area contributed by atoms with Crippen molar-refractivity contribution >= 4 is 21.7 Å². The number of hydrogen-bond acceptors (Lipinski definition) is 3. The molecule has 14 heavy (non-hydrogen) atoms. The lowest BCUT2D eigenvalue weighted by atomic mass is 10.3. The first-order valence-corrected chi connectivity index (χ1v) is 5.49. The number of hydrogen-bond donors (Lipinski definition) is 0. The Hall–Kier alpha value is -0.610. The van der Waals surface area contributed by atoms with Crippen LogP contribution in [-0.2, 0) is 4.74 Å². The Morgan fingerprint density at radius 2 is 2.50 bits per heavy atom. The third-order valence-electron chi connectivity index (χ3n) is 2.52. The fraction of sp³-hybridized carbons (Fsp3) is 0.500. The summed E-state index contributed by atoms with van der Waals surface area (Å²) in [6.45, 7) is 1.96. The average molecular weight is 257 g/mol. The van der Waals surface area contributed by atoms with Crippen molar-refractivity contribution in [3.8, 4) is 0 Å². The highest BCUT2D eigenvalue weighted by atomic mass is 79.9. The second-order valence-corrected chi connectivity index (χ2v) is 4.26. The third-order valence-corrected chi connectivity index (χ3v) is 3.14. The quantitative estimate of drug-likeness (QED) is 0.811. The molecule has 2 heterocycles. The van der Waals surface area contributed by atoms with E-state index in [1.807, 2.05) is 18.3 Å². The van der Waals surface area contributed by atoms with Gasteiger partial charge in [-0.15, -0.1) is 0 Å². The molecule has 0 saturated carbocycles. The number of halogens is 1. The first kappa shape index (κ1) is 9.93. The minimum Gasteiger partial charge on any atom is -0.380 e. The molecule has 1 aliphatic rings. The SMILES string of the molecule is COC1CCN(c2ncccc2Br)C1. The summed E-state index contributed by atoms with van der Waals surface area (Å²) in [7, 11) is 1.77. The minimum absolute atomic E-state index is 0.351. The molecule has 1 aromatic rings. The van der Waals surface area contributed by atoms with Gasteiger partial charge in [-0.1, -0.05) is 0 Å². The van der Waals surface area contributed by atoms with Crippen LogP contribution in [0.1, 0.15) is 6.42 Å². The Morgan fingerprint density at radius 1 is 1.64 bits per heavy atom. The van der Waals surface area contributed by atoms with Crippen molar-refractivity contribution in [3.63, 3.8) is 0 Å². The molecule has 1 unspecified atom stereocenters. The second-order valence-electron chi connectivity index (χ2n) is 3.40. The Morgan fingerprint density at radius 3 is 3.14 bits per heavy atom. The number of methoxy groups -OCH3 is 1. The highest BCUT2D eigenvalue weighted by Gasteiger charge is 2.23. The predicted molar refractivity (Wildman–Crippen MR) is 59.6 cm³/mol. The number of anilines is 1. The zero-order valence-corrected chi connectivity index (χ0v) is 9.70. The molecule has 1 fully saturated rings. The lowest BCUT2D eigenvalue weighted by Gasteiger charge is -2.18. The highest BCUT2D eigenvalue weighted by molar-refractivity contribution is 9.10. The molecule has 0 amide bonds. The second kappa shape index (κ2) is 4.28. The molecule has 0 spiro atoms. The van der Waals surface area contributed by atoms with E-state index in [0.717, 1.165) is 29.8 Å². The zero-order chi connectivity index (χ0) is 9.97. The Bertz CT molecular complexity index is 319. The summed E-state index contributed by atoms with van der Waals surface area (Å²) >= 11 is 3.50. The van der Waals surface area contributed by atoms with Crippen molar-refractivity contribution in [2.75, 3.05) is 25.1 Å². The lowest BCUT2D eigenvalue weighted by molar-refractivity contribution is 0.121. The first-order chi connectivity index (χ1) is 6.81. The van der Waals surface area contributed by atoms with Crippen LogP contribution in [0.4, 0.5) is 5.82 Å². The Kier molecular flexibility index (Phi) is 3.03. The highest BCUT2D eigenvalue weighted by Crippen LogP contribution is 2.26. The molecule has 1 aromatic heterocycles. The molecule has 1 saturated heterocycles. The molecule has 76 valence electrons. The van der Waals surface area contributed by atoms with E-state index in [-0.39, 0.29) is 0 Å². The van der Waals surface area contributed by atoms with E-state index < -0.39 is 0 Å². The zero-order valence-electron chi connectivity index (χ0n) is 8.11. The van der Waals surface area contributed by atoms with E-state index in [1.54, 1.807) is 7.11 Å². The van der Waals surface area contributed by atoms with E-state index in [2.05, 4.69) is 25.8 Å². The van der Waals surface area contributed by atoms with Crippen LogP contribution in [0.25, 0.3) is 0 Å². The standard InChI is InChI=1S/C10H13BrN2O/c1-14-8-4-6-13(7-8)10-9(11)3-2-5-12-10/h2-3,5,8H,4,6-7H2,1H3. The van der Waals surface area contributed by atoms with Gasteiger partial charge in [0, 0.05) is 26.4 Å². The maximum atomic E-state index is 5.32. The summed E-state index contributed by atoms with van der Waals surface area (Å²) < 4.78 is 6.37. The lowest BCUT2D eigenvalue weighted by Crippen LogP contribution is -2.23. The van der Waals surface area contributed by atoms with Crippen LogP contribution in [-0.4, -0.2) is 31.3 Å². The van der Waals surface area contributed by atoms with Gasteiger partial charge < -0.3 is 9.64 Å². The molecule has 0 N–H and O–H groups in total. The fourth-order valence-electron chi connectivity index (χ4n) is 1.72. The summed E-state index contributed by atoms with van der Waals surface area (Å²) in [5.74, 6) is 1.02. The molecule has 3 nitrogen and oxygen atoms in total. The number of aromatic nitrogens is 1. The van der Waals surface area contributed by atoms with Gasteiger partial charge in [0.05, 0.1) is 10.6 Å². The van der Waals surface area contributed by atoms with E-state index in [0.29, 0.717) is 6.10 Å². The van der Waals surface area contributed by atoms with Gasteiger partial charge in [0.2, 0.25) is 0 Å². The molecule has 1 atom stereocenters. The van der Waals surface area contributed by atoms with Crippen LogP contribution in [0.3, 0.4) is 0 Å². The molecule has 1 aliphatic heterocycles. The van der Waals surface area contributed by atoms with Crippen LogP contribution in [0.2, 0.25) is 0 Å². The van der Waals surface area contributed by atoms with Crippen molar-refractivity contribution in [2.45, 2.75) is 12.5 Å². The maximum absolute atomic E-state index is 5.32. The van der Waals surface area contributed by atoms with Crippen molar-refractivity contribution in [2.24, 2.45) is 0 Å². The number of ether oxygens (including phenoxy) is 1. The summed E-state index contributed by atoms with van der Waals surface area (Å²) in [6, 6.07) is 3.94. The Labute approximate surface area is 92.2 Å². The smallest absolute Gasteiger partial charge is 0.142 e. The van der Waals surface area contributed by atoms with Crippen LogP contribution in [0.5, 0.6) is 0 Å². The summed E-state index contributed by atoms with van der Waals surface area (Å²) in [5, 5.41) is 0. The minimum atomic E-state index is 0.351. The first-order valence-electron chi connectivity index (χ1n) is 4.69. The van der Waals surface area contributed by atoms with Crippen LogP contribution in [0, 0.1) is 0 Å². The molecule has 0 radical (unpaired) electrons. The monoisotopic (exact) mass is 256 g/mol. The average Bonchev–Trinajstić information content (AvgIpc) is 2.67. The van der Waals surface area contributed by atoms with E-state index >= 15 is 0 Å². The summed E-state index contributed by atoms with van der Waals surface area (Å²) in [4.78, 5) is 6.60. The van der Waals surface area contributed by atoms with Gasteiger partial charge in [0.15, 0.2) is 0 Å². The van der Waals surface area contributed by atoms with Gasteiger partial charge in [-0.25, -0.2) is 4.98 Å². The summed E-state index contributed by atoms with van der Waals surface area (Å²) in [6.07, 6.45) is 3.25. The van der Waals surface area contributed by atoms with Crippen molar-refractivity contribution in [1.29, 1.82) is 0 Å². The normalized spacial score (nSPS) is 21.6. The van der Waals surface area contributed by atoms with E-state index in [9.17, 15) is 0 Å². The molecule has 2 rings (SSSR count). The predicted octanol–water partition coefficient (Wildman–Crippen LogP) is 2.07. The maximum Gasteiger partial charge on any atom is 0.142 e. The largest absolute Gasteiger partial charge is 0.380 e. The van der Waals surface area contributed by atoms with Crippen LogP contribution >= 0.6 is 15.9 Å². The molecular formula is C10H13BrN2O. The van der Waals surface area contributed by atoms with Gasteiger partial charge in [0.25, 0.3) is 0 Å². The van der Waals surface area contributed by atoms with E-state index in [4.69, 9.17) is 4.74 Å². The fourth-order valence-corrected chi connectivity index (χ4v) is 2.23. The van der Waals surface area contributed by atoms with E-state index in [1.165, 1.54) is 0 Å². The number of pyridine rings is 1. The molecule has 0 aromatic carbocycles. The van der Waals surface area contributed by atoms with Gasteiger partial charge >= 0.3 is 0 Å². The van der Waals surface area contributed by atoms with Crippen molar-refractivity contribution in [1.82, 2.24) is 4.98 Å². The molecule has 0 aliphatic carbocycles. The molecule has 4 heteroatoms. The Balaban J connectivity index is 2.13. The van der Waals surface area contributed by atoms with Gasteiger partial charge in [-0.05, 0) is 34.5 Å². The number of rotatable bonds is 2. The van der Waals surface area contributed by atoms with Crippen LogP contribution in [0.15, 0.2) is 22.8 Å². The van der Waals surface area contributed by atoms with Crippen molar-refractivity contribution < 1.29 is 4.74 Å². The van der Waals surface area contributed by atoms with Crippen LogP contribution < -0.4 is 4.90 Å². The topological polar surface area (TPSA) is 25.4 Å². The summed E-state index contributed by atoms with van der Waals surface area (Å²) in [5.41, 5.74) is 0. The van der Waals surface area contributed by atoms with Gasteiger partial charge in [-0.2, -0.15) is 0 Å². The molecular weight excluding hydrogens is 244 g/mol. The number of nitrogens with zero attached hydrogens (tertiary/aromatic N) is 2. The third kappa shape index (κ3) is 1.91. The van der Waals surface area contributed by atoms with Gasteiger partial charge in [0.1, 0.15) is 5.82 Å². The molecule has 0 bridgehead atoms.